The third-order valence-electron chi connectivity index (χ3n) is 3.91. The summed E-state index contributed by atoms with van der Waals surface area (Å²) < 4.78 is 12.0. The summed E-state index contributed by atoms with van der Waals surface area (Å²) >= 11 is 12.3. The molecule has 0 amide bonds. The fourth-order valence-corrected chi connectivity index (χ4v) is 3.09. The molecule has 2 aromatic rings. The fraction of sp³-hybridized carbons (Fsp3) is 0.294. The minimum Gasteiger partial charge on any atom is -0.436 e. The van der Waals surface area contributed by atoms with Gasteiger partial charge in [0.25, 0.3) is 0 Å². The summed E-state index contributed by atoms with van der Waals surface area (Å²) in [5, 5.41) is 0.0723. The van der Waals surface area contributed by atoms with Crippen molar-refractivity contribution in [3.63, 3.8) is 0 Å². The maximum atomic E-state index is 12.6. The first-order chi connectivity index (χ1) is 11.5. The van der Waals surface area contributed by atoms with Crippen LogP contribution in [0.1, 0.15) is 29.0 Å². The predicted molar refractivity (Wildman–Crippen MR) is 90.3 cm³/mol. The average Bonchev–Trinajstić information content (AvgIpc) is 2.85. The van der Waals surface area contributed by atoms with Gasteiger partial charge in [-0.25, -0.2) is 9.78 Å². The van der Waals surface area contributed by atoms with Gasteiger partial charge in [-0.2, -0.15) is 0 Å². The van der Waals surface area contributed by atoms with Crippen LogP contribution < -0.4 is 0 Å². The zero-order chi connectivity index (χ0) is 17.3. The molecule has 1 fully saturated rings. The summed E-state index contributed by atoms with van der Waals surface area (Å²) in [6.07, 6.45) is 5.44. The summed E-state index contributed by atoms with van der Waals surface area (Å²) in [5.41, 5.74) is -0.0430. The van der Waals surface area contributed by atoms with Gasteiger partial charge in [0, 0.05) is 0 Å². The van der Waals surface area contributed by atoms with Crippen molar-refractivity contribution in [2.45, 2.75) is 18.6 Å². The summed E-state index contributed by atoms with van der Waals surface area (Å²) in [4.78, 5) is 16.6. The number of hydrogen-bond donors (Lipinski definition) is 0. The third-order valence-corrected chi connectivity index (χ3v) is 4.44. The molecule has 1 aliphatic rings. The fourth-order valence-electron chi connectivity index (χ4n) is 2.48. The second kappa shape index (κ2) is 6.48. The van der Waals surface area contributed by atoms with Crippen LogP contribution in [0.4, 0.5) is 0 Å². The molecule has 3 rings (SSSR count). The van der Waals surface area contributed by atoms with Crippen molar-refractivity contribution in [3.8, 4) is 12.3 Å². The highest BCUT2D eigenvalue weighted by atomic mass is 35.5. The highest BCUT2D eigenvalue weighted by Gasteiger charge is 2.42. The van der Waals surface area contributed by atoms with Crippen LogP contribution in [0.3, 0.4) is 0 Å². The van der Waals surface area contributed by atoms with E-state index in [4.69, 9.17) is 39.1 Å². The number of imidazole rings is 1. The number of aromatic nitrogens is 2. The van der Waals surface area contributed by atoms with E-state index in [9.17, 15) is 4.79 Å². The van der Waals surface area contributed by atoms with E-state index in [0.29, 0.717) is 0 Å². The number of hydrogen-bond acceptors (Lipinski definition) is 4. The maximum absolute atomic E-state index is 12.6. The Morgan fingerprint density at radius 1 is 1.42 bits per heavy atom. The van der Waals surface area contributed by atoms with E-state index < -0.39 is 11.6 Å². The van der Waals surface area contributed by atoms with Gasteiger partial charge >= 0.3 is 5.97 Å². The molecule has 2 heterocycles. The summed E-state index contributed by atoms with van der Waals surface area (Å²) in [6.45, 7) is 2.20. The van der Waals surface area contributed by atoms with Crippen LogP contribution in [0.15, 0.2) is 30.3 Å². The van der Waals surface area contributed by atoms with Crippen molar-refractivity contribution in [1.29, 1.82) is 0 Å². The van der Waals surface area contributed by atoms with E-state index in [-0.39, 0.29) is 35.4 Å². The van der Waals surface area contributed by atoms with Crippen LogP contribution in [-0.2, 0) is 9.47 Å². The van der Waals surface area contributed by atoms with Crippen LogP contribution in [0.2, 0.25) is 10.4 Å². The van der Waals surface area contributed by atoms with E-state index in [1.165, 1.54) is 4.57 Å². The number of terminal acetylenes is 1. The smallest absolute Gasteiger partial charge is 0.360 e. The first-order valence-corrected chi connectivity index (χ1v) is 8.00. The lowest BCUT2D eigenvalue weighted by Gasteiger charge is -2.35. The molecule has 0 spiro atoms. The third kappa shape index (κ3) is 2.89. The number of carbonyl (C=O) groups excluding carboxylic acids is 1. The second-order valence-electron chi connectivity index (χ2n) is 5.50. The van der Waals surface area contributed by atoms with E-state index in [1.54, 1.807) is 0 Å². The Morgan fingerprint density at radius 2 is 2.08 bits per heavy atom. The molecule has 1 aromatic carbocycles. The molecular formula is C17H14Cl2N2O3. The first kappa shape index (κ1) is 16.8. The Labute approximate surface area is 149 Å². The van der Waals surface area contributed by atoms with Gasteiger partial charge in [0.2, 0.25) is 10.9 Å². The molecule has 0 radical (unpaired) electrons. The lowest BCUT2D eigenvalue weighted by molar-refractivity contribution is -0.146. The van der Waals surface area contributed by atoms with Crippen LogP contribution >= 0.6 is 23.2 Å². The van der Waals surface area contributed by atoms with Gasteiger partial charge in [0.1, 0.15) is 13.2 Å². The van der Waals surface area contributed by atoms with Crippen LogP contribution in [0, 0.1) is 12.3 Å². The molecule has 0 unspecified atom stereocenters. The Morgan fingerprint density at radius 3 is 2.62 bits per heavy atom. The van der Waals surface area contributed by atoms with Crippen molar-refractivity contribution in [3.05, 3.63) is 52.0 Å². The molecule has 1 atom stereocenters. The van der Waals surface area contributed by atoms with Crippen LogP contribution in [0.5, 0.6) is 0 Å². The van der Waals surface area contributed by atoms with E-state index >= 15 is 0 Å². The van der Waals surface area contributed by atoms with Crippen molar-refractivity contribution >= 4 is 29.2 Å². The summed E-state index contributed by atoms with van der Waals surface area (Å²) in [5.74, 6) is 1.77. The van der Waals surface area contributed by atoms with E-state index in [0.717, 1.165) is 5.56 Å². The molecule has 0 saturated carbocycles. The molecular weight excluding hydrogens is 351 g/mol. The predicted octanol–water partition coefficient (Wildman–Crippen LogP) is 3.36. The lowest BCUT2D eigenvalue weighted by atomic mass is 10.0. The molecule has 1 saturated heterocycles. The van der Waals surface area contributed by atoms with Crippen molar-refractivity contribution in [1.82, 2.24) is 9.55 Å². The molecule has 0 N–H and O–H groups in total. The highest BCUT2D eigenvalue weighted by molar-refractivity contribution is 6.34. The van der Waals surface area contributed by atoms with Crippen molar-refractivity contribution in [2.24, 2.45) is 0 Å². The van der Waals surface area contributed by atoms with Gasteiger partial charge in [-0.15, -0.1) is 6.42 Å². The zero-order valence-electron chi connectivity index (χ0n) is 12.8. The topological polar surface area (TPSA) is 53.3 Å². The maximum Gasteiger partial charge on any atom is 0.360 e. The van der Waals surface area contributed by atoms with Crippen molar-refractivity contribution < 1.29 is 14.3 Å². The van der Waals surface area contributed by atoms with Crippen LogP contribution in [0.25, 0.3) is 0 Å². The monoisotopic (exact) mass is 364 g/mol. The Hall–Kier alpha value is -2.00. The molecule has 1 aliphatic heterocycles. The lowest BCUT2D eigenvalue weighted by Crippen LogP contribution is -2.52. The van der Waals surface area contributed by atoms with E-state index in [2.05, 4.69) is 10.9 Å². The largest absolute Gasteiger partial charge is 0.436 e. The number of rotatable bonds is 4. The normalized spacial score (nSPS) is 16.8. The van der Waals surface area contributed by atoms with Gasteiger partial charge < -0.3 is 14.0 Å². The number of benzene rings is 1. The summed E-state index contributed by atoms with van der Waals surface area (Å²) in [6, 6.07) is 9.28. The second-order valence-corrected chi connectivity index (χ2v) is 6.19. The molecule has 7 heteroatoms. The molecule has 5 nitrogen and oxygen atoms in total. The quantitative estimate of drug-likeness (QED) is 0.616. The number of esters is 1. The van der Waals surface area contributed by atoms with Gasteiger partial charge in [-0.05, 0) is 24.1 Å². The highest BCUT2D eigenvalue weighted by Crippen LogP contribution is 2.31. The zero-order valence-corrected chi connectivity index (χ0v) is 14.3. The number of ether oxygens (including phenoxy) is 2. The van der Waals surface area contributed by atoms with E-state index in [1.807, 2.05) is 37.3 Å². The molecule has 24 heavy (non-hydrogen) atoms. The minimum absolute atomic E-state index is 0.0276. The molecule has 0 aliphatic carbocycles. The van der Waals surface area contributed by atoms with Gasteiger partial charge in [0.05, 0.1) is 6.04 Å². The number of carbonyl (C=O) groups is 1. The standard InChI is InChI=1S/C17H14Cl2N2O3/c1-3-17(9-23-10-17)24-15(22)13-14(18)20-16(19)21(13)11(2)12-7-5-4-6-8-12/h1,4-8,11H,9-10H2,2H3/t11-/m1/s1. The van der Waals surface area contributed by atoms with Crippen molar-refractivity contribution in [2.75, 3.05) is 13.2 Å². The summed E-state index contributed by atoms with van der Waals surface area (Å²) in [7, 11) is 0. The Kier molecular flexibility index (Phi) is 4.55. The molecule has 124 valence electrons. The van der Waals surface area contributed by atoms with Crippen LogP contribution in [-0.4, -0.2) is 34.3 Å². The van der Waals surface area contributed by atoms with Gasteiger partial charge in [-0.1, -0.05) is 47.9 Å². The Bertz CT molecular complexity index is 807. The SMILES string of the molecule is C#CC1(OC(=O)c2c(Cl)nc(Cl)n2[C@H](C)c2ccccc2)COC1. The number of halogens is 2. The number of nitrogens with zero attached hydrogens (tertiary/aromatic N) is 2. The molecule has 0 bridgehead atoms. The van der Waals surface area contributed by atoms with Gasteiger partial charge in [0.15, 0.2) is 10.8 Å². The average molecular weight is 365 g/mol. The molecule has 1 aromatic heterocycles. The first-order valence-electron chi connectivity index (χ1n) is 7.24. The van der Waals surface area contributed by atoms with Gasteiger partial charge in [-0.3, -0.25) is 0 Å². The minimum atomic E-state index is -1.06. The Balaban J connectivity index is 1.97.